The van der Waals surface area contributed by atoms with Crippen molar-refractivity contribution in [2.45, 2.75) is 6.92 Å². The first-order valence-electron chi connectivity index (χ1n) is 6.61. The zero-order chi connectivity index (χ0) is 16.1. The van der Waals surface area contributed by atoms with Crippen LogP contribution in [-0.4, -0.2) is 26.5 Å². The standard InChI is InChI=1S/C17H15NO4/c1-2-9-18-11-12(14-5-3-4-6-15(14)18)7-8-13(19)10-16(20)17(21)22/h2-11,20H,1H3,(H,21,22)/b8-7+,9-2+,16-10-. The molecule has 1 aromatic heterocycles. The van der Waals surface area contributed by atoms with Crippen LogP contribution >= 0.6 is 0 Å². The van der Waals surface area contributed by atoms with Gasteiger partial charge in [-0.25, -0.2) is 4.79 Å². The highest BCUT2D eigenvalue weighted by Crippen LogP contribution is 2.22. The van der Waals surface area contributed by atoms with Crippen molar-refractivity contribution in [3.8, 4) is 0 Å². The van der Waals surface area contributed by atoms with Gasteiger partial charge in [-0.3, -0.25) is 4.79 Å². The molecule has 0 spiro atoms. The van der Waals surface area contributed by atoms with Crippen LogP contribution in [0.3, 0.4) is 0 Å². The van der Waals surface area contributed by atoms with E-state index in [4.69, 9.17) is 10.2 Å². The van der Waals surface area contributed by atoms with Gasteiger partial charge in [0.25, 0.3) is 0 Å². The normalized spacial score (nSPS) is 12.5. The minimum absolute atomic E-state index is 0.595. The molecule has 0 fully saturated rings. The third-order valence-corrected chi connectivity index (χ3v) is 3.01. The van der Waals surface area contributed by atoms with Crippen molar-refractivity contribution < 1.29 is 19.8 Å². The van der Waals surface area contributed by atoms with E-state index in [9.17, 15) is 9.59 Å². The van der Waals surface area contributed by atoms with Gasteiger partial charge in [0, 0.05) is 29.4 Å². The number of hydrogen-bond acceptors (Lipinski definition) is 3. The molecule has 0 saturated heterocycles. The Hall–Kier alpha value is -3.08. The SMILES string of the molecule is C/C=C/n1cc(/C=C/C(=O)/C=C(\O)C(=O)O)c2ccccc21. The van der Waals surface area contributed by atoms with E-state index < -0.39 is 17.5 Å². The summed E-state index contributed by atoms with van der Waals surface area (Å²) >= 11 is 0. The number of rotatable bonds is 5. The molecule has 0 saturated carbocycles. The summed E-state index contributed by atoms with van der Waals surface area (Å²) in [6.07, 6.45) is 9.16. The summed E-state index contributed by atoms with van der Waals surface area (Å²) in [6, 6.07) is 7.72. The fourth-order valence-corrected chi connectivity index (χ4v) is 2.07. The van der Waals surface area contributed by atoms with Crippen molar-refractivity contribution in [3.05, 3.63) is 60.0 Å². The molecule has 1 aromatic carbocycles. The predicted molar refractivity (Wildman–Crippen MR) is 85.3 cm³/mol. The number of aromatic nitrogens is 1. The van der Waals surface area contributed by atoms with Crippen molar-refractivity contribution in [2.24, 2.45) is 0 Å². The number of carboxylic acids is 1. The lowest BCUT2D eigenvalue weighted by atomic mass is 10.1. The average Bonchev–Trinajstić information content (AvgIpc) is 2.84. The second kappa shape index (κ2) is 6.58. The lowest BCUT2D eigenvalue weighted by Gasteiger charge is -1.95. The number of aliphatic hydroxyl groups excluding tert-OH is 1. The molecule has 2 N–H and O–H groups in total. The van der Waals surface area contributed by atoms with Crippen molar-refractivity contribution in [3.63, 3.8) is 0 Å². The number of para-hydroxylation sites is 1. The molecule has 5 nitrogen and oxygen atoms in total. The maximum atomic E-state index is 11.6. The largest absolute Gasteiger partial charge is 0.502 e. The number of carbonyl (C=O) groups excluding carboxylic acids is 1. The van der Waals surface area contributed by atoms with Crippen LogP contribution in [0.1, 0.15) is 12.5 Å². The van der Waals surface area contributed by atoms with Gasteiger partial charge in [-0.15, -0.1) is 0 Å². The Labute approximate surface area is 127 Å². The monoisotopic (exact) mass is 297 g/mol. The Morgan fingerprint density at radius 1 is 1.18 bits per heavy atom. The first kappa shape index (κ1) is 15.3. The molecule has 0 unspecified atom stereocenters. The molecular formula is C17H15NO4. The van der Waals surface area contributed by atoms with Gasteiger partial charge in [-0.2, -0.15) is 0 Å². The first-order valence-corrected chi connectivity index (χ1v) is 6.61. The zero-order valence-corrected chi connectivity index (χ0v) is 11.9. The molecular weight excluding hydrogens is 282 g/mol. The van der Waals surface area contributed by atoms with Gasteiger partial charge in [0.1, 0.15) is 0 Å². The van der Waals surface area contributed by atoms with Gasteiger partial charge in [0.15, 0.2) is 5.78 Å². The van der Waals surface area contributed by atoms with Gasteiger partial charge in [0.05, 0.1) is 5.52 Å². The topological polar surface area (TPSA) is 79.5 Å². The minimum atomic E-state index is -1.54. The number of benzene rings is 1. The van der Waals surface area contributed by atoms with Crippen LogP contribution in [0, 0.1) is 0 Å². The van der Waals surface area contributed by atoms with Crippen LogP contribution in [0.15, 0.2) is 54.4 Å². The third-order valence-electron chi connectivity index (χ3n) is 3.01. The van der Waals surface area contributed by atoms with Crippen LogP contribution in [-0.2, 0) is 9.59 Å². The Morgan fingerprint density at radius 3 is 2.59 bits per heavy atom. The van der Waals surface area contributed by atoms with E-state index in [1.807, 2.05) is 54.2 Å². The molecule has 0 aliphatic carbocycles. The summed E-state index contributed by atoms with van der Waals surface area (Å²) < 4.78 is 1.93. The number of aliphatic hydroxyl groups is 1. The molecule has 112 valence electrons. The quantitative estimate of drug-likeness (QED) is 0.656. The highest BCUT2D eigenvalue weighted by molar-refractivity contribution is 6.06. The average molecular weight is 297 g/mol. The number of carbonyl (C=O) groups is 2. The summed E-state index contributed by atoms with van der Waals surface area (Å²) in [4.78, 5) is 22.0. The Balaban J connectivity index is 2.36. The second-order valence-electron chi connectivity index (χ2n) is 4.56. The third kappa shape index (κ3) is 3.32. The first-order chi connectivity index (χ1) is 10.5. The summed E-state index contributed by atoms with van der Waals surface area (Å²) in [7, 11) is 0. The van der Waals surface area contributed by atoms with Crippen molar-refractivity contribution in [1.29, 1.82) is 0 Å². The molecule has 2 aromatic rings. The lowest BCUT2D eigenvalue weighted by molar-refractivity contribution is -0.135. The fraction of sp³-hybridized carbons (Fsp3) is 0.0588. The number of fused-ring (bicyclic) bond motifs is 1. The van der Waals surface area contributed by atoms with E-state index in [2.05, 4.69) is 0 Å². The van der Waals surface area contributed by atoms with Crippen molar-refractivity contribution in [2.75, 3.05) is 0 Å². The Morgan fingerprint density at radius 2 is 1.91 bits per heavy atom. The molecule has 0 amide bonds. The number of allylic oxidation sites excluding steroid dienone is 3. The fourth-order valence-electron chi connectivity index (χ4n) is 2.07. The van der Waals surface area contributed by atoms with Gasteiger partial charge in [-0.1, -0.05) is 24.3 Å². The van der Waals surface area contributed by atoms with Crippen molar-refractivity contribution in [1.82, 2.24) is 4.57 Å². The van der Waals surface area contributed by atoms with Crippen LogP contribution in [0.2, 0.25) is 0 Å². The van der Waals surface area contributed by atoms with Gasteiger partial charge >= 0.3 is 5.97 Å². The number of ketones is 1. The van der Waals surface area contributed by atoms with Crippen LogP contribution in [0.5, 0.6) is 0 Å². The van der Waals surface area contributed by atoms with E-state index >= 15 is 0 Å². The predicted octanol–water partition coefficient (Wildman–Crippen LogP) is 3.24. The van der Waals surface area contributed by atoms with E-state index in [0.717, 1.165) is 16.5 Å². The minimum Gasteiger partial charge on any atom is -0.502 e. The van der Waals surface area contributed by atoms with E-state index in [0.29, 0.717) is 6.08 Å². The molecule has 0 atom stereocenters. The highest BCUT2D eigenvalue weighted by Gasteiger charge is 2.07. The summed E-state index contributed by atoms with van der Waals surface area (Å²) in [5, 5.41) is 18.5. The molecule has 0 bridgehead atoms. The lowest BCUT2D eigenvalue weighted by Crippen LogP contribution is -2.01. The highest BCUT2D eigenvalue weighted by atomic mass is 16.4. The molecule has 2 rings (SSSR count). The van der Waals surface area contributed by atoms with E-state index in [1.165, 1.54) is 6.08 Å². The van der Waals surface area contributed by atoms with Gasteiger partial charge in [-0.05, 0) is 25.1 Å². The second-order valence-corrected chi connectivity index (χ2v) is 4.56. The maximum Gasteiger partial charge on any atom is 0.371 e. The summed E-state index contributed by atoms with van der Waals surface area (Å²) in [5.41, 5.74) is 1.82. The zero-order valence-electron chi connectivity index (χ0n) is 11.9. The maximum absolute atomic E-state index is 11.6. The van der Waals surface area contributed by atoms with E-state index in [1.54, 1.807) is 6.08 Å². The van der Waals surface area contributed by atoms with E-state index in [-0.39, 0.29) is 0 Å². The Bertz CT molecular complexity index is 809. The van der Waals surface area contributed by atoms with Crippen LogP contribution in [0.25, 0.3) is 23.2 Å². The molecule has 0 aliphatic rings. The van der Waals surface area contributed by atoms with Crippen molar-refractivity contribution >= 4 is 34.9 Å². The number of carboxylic acid groups (broad SMARTS) is 1. The summed E-state index contributed by atoms with van der Waals surface area (Å²) in [5.74, 6) is -3.11. The number of hydrogen-bond donors (Lipinski definition) is 2. The Kier molecular flexibility index (Phi) is 4.58. The molecule has 1 heterocycles. The van der Waals surface area contributed by atoms with Gasteiger partial charge in [0.2, 0.25) is 5.76 Å². The van der Waals surface area contributed by atoms with Crippen LogP contribution < -0.4 is 0 Å². The number of nitrogens with zero attached hydrogens (tertiary/aromatic N) is 1. The van der Waals surface area contributed by atoms with Gasteiger partial charge < -0.3 is 14.8 Å². The molecule has 5 heteroatoms. The number of aliphatic carboxylic acids is 1. The molecule has 0 aliphatic heterocycles. The smallest absolute Gasteiger partial charge is 0.371 e. The van der Waals surface area contributed by atoms with Crippen LogP contribution in [0.4, 0.5) is 0 Å². The molecule has 22 heavy (non-hydrogen) atoms. The summed E-state index contributed by atoms with van der Waals surface area (Å²) in [6.45, 7) is 1.91. The molecule has 0 radical (unpaired) electrons.